The summed E-state index contributed by atoms with van der Waals surface area (Å²) in [5.41, 5.74) is 0. The Kier molecular flexibility index (Phi) is 114. The van der Waals surface area contributed by atoms with Gasteiger partial charge in [-0.15, -0.1) is 0 Å². The summed E-state index contributed by atoms with van der Waals surface area (Å²) in [7, 11) is 0. The van der Waals surface area contributed by atoms with Crippen LogP contribution in [0.1, 0.15) is 0 Å². The van der Waals surface area contributed by atoms with E-state index in [1.807, 2.05) is 0 Å². The summed E-state index contributed by atoms with van der Waals surface area (Å²) in [6.07, 6.45) is 0.250. The van der Waals surface area contributed by atoms with Crippen LogP contribution in [-0.4, -0.2) is 6.15 Å². The topological polar surface area (TPSA) is 137 Å². The molecule has 64 valence electrons. The van der Waals surface area contributed by atoms with E-state index in [1.54, 1.807) is 0 Å². The fourth-order valence-electron chi connectivity index (χ4n) is 0. The van der Waals surface area contributed by atoms with Crippen LogP contribution in [0.2, 0.25) is 0 Å². The van der Waals surface area contributed by atoms with Gasteiger partial charge in [0.15, 0.2) is 0 Å². The average molecular weight is 414 g/mol. The van der Waals surface area contributed by atoms with Gasteiger partial charge in [0.25, 0.3) is 0 Å². The van der Waals surface area contributed by atoms with Gasteiger partial charge in [-0.05, 0) is 0 Å². The molecule has 0 aromatic heterocycles. The molecule has 0 aliphatic heterocycles. The van der Waals surface area contributed by atoms with Crippen LogP contribution in [0.4, 0.5) is 0 Å². The first-order valence-corrected chi connectivity index (χ1v) is 7.65. The third kappa shape index (κ3) is 1520. The molecule has 0 heterocycles. The van der Waals surface area contributed by atoms with E-state index in [0.29, 0.717) is 0 Å². The molecule has 0 amide bonds. The average Bonchev–Trinajstić information content (AvgIpc) is 1.92. The van der Waals surface area contributed by atoms with Crippen molar-refractivity contribution in [2.24, 2.45) is 0 Å². The van der Waals surface area contributed by atoms with Crippen molar-refractivity contribution < 1.29 is 96.2 Å². The van der Waals surface area contributed by atoms with E-state index in [0.717, 1.165) is 0 Å². The van der Waals surface area contributed by atoms with Gasteiger partial charge in [-0.25, -0.2) is 0 Å². The second-order valence-electron chi connectivity index (χ2n) is 0.333. The Bertz CT molecular complexity index is 146. The summed E-state index contributed by atoms with van der Waals surface area (Å²) < 4.78 is 51.3. The van der Waals surface area contributed by atoms with Gasteiger partial charge in [0, 0.05) is 0 Å². The van der Waals surface area contributed by atoms with Crippen LogP contribution < -0.4 is 0 Å². The predicted octanol–water partition coefficient (Wildman–Crippen LogP) is -1.30. The molecular formula is CO8Zr3. The van der Waals surface area contributed by atoms with Crippen molar-refractivity contribution in [1.29, 1.82) is 0 Å². The molecule has 0 saturated carbocycles. The molecule has 0 fully saturated rings. The Balaban J connectivity index is -0.0000000356. The van der Waals surface area contributed by atoms with Crippen molar-refractivity contribution in [2.75, 3.05) is 0 Å². The van der Waals surface area contributed by atoms with Gasteiger partial charge >= 0.3 is 92.8 Å². The zero-order valence-electron chi connectivity index (χ0n) is 5.27. The van der Waals surface area contributed by atoms with Crippen molar-refractivity contribution in [3.8, 4) is 0 Å². The Morgan fingerprint density at radius 3 is 0.583 bits per heavy atom. The second kappa shape index (κ2) is 59.5. The predicted molar refractivity (Wildman–Crippen MR) is 9.13 cm³/mol. The zero-order valence-corrected chi connectivity index (χ0v) is 12.6. The Morgan fingerprint density at radius 1 is 0.583 bits per heavy atom. The minimum absolute atomic E-state index is 0.250. The summed E-state index contributed by atoms with van der Waals surface area (Å²) in [5.74, 6) is 0. The minimum atomic E-state index is -2.27. The van der Waals surface area contributed by atoms with Crippen LogP contribution in [0.5, 0.6) is 0 Å². The van der Waals surface area contributed by atoms with Crippen LogP contribution >= 0.6 is 0 Å². The Hall–Kier alpha value is 0.829. The molecule has 0 aromatic rings. The molecule has 0 atom stereocenters. The SMILES string of the molecule is O=C=O.[O]=[Zr]=[O].[O]=[Zr]=[O].[O]=[Zr]=[O]. The molecule has 0 aliphatic rings. The molecule has 0 unspecified atom stereocenters. The van der Waals surface area contributed by atoms with Gasteiger partial charge in [-0.3, -0.25) is 0 Å². The van der Waals surface area contributed by atoms with E-state index in [1.165, 1.54) is 0 Å². The van der Waals surface area contributed by atoms with Crippen molar-refractivity contribution in [2.45, 2.75) is 0 Å². The van der Waals surface area contributed by atoms with Crippen LogP contribution in [0.3, 0.4) is 0 Å². The molecule has 11 heteroatoms. The van der Waals surface area contributed by atoms with Crippen molar-refractivity contribution >= 4 is 6.15 Å². The van der Waals surface area contributed by atoms with Crippen LogP contribution in [0, 0.1) is 0 Å². The van der Waals surface area contributed by atoms with Gasteiger partial charge in [0.2, 0.25) is 0 Å². The van der Waals surface area contributed by atoms with Gasteiger partial charge in [-0.2, -0.15) is 9.59 Å². The molecule has 0 aliphatic carbocycles. The van der Waals surface area contributed by atoms with E-state index < -0.39 is 69.7 Å². The first kappa shape index (κ1) is 23.0. The molecule has 0 aromatic carbocycles. The number of rotatable bonds is 0. The van der Waals surface area contributed by atoms with Gasteiger partial charge in [0.05, 0.1) is 0 Å². The monoisotopic (exact) mass is 410 g/mol. The Morgan fingerprint density at radius 2 is 0.583 bits per heavy atom. The summed E-state index contributed by atoms with van der Waals surface area (Å²) in [5, 5.41) is 0. The third-order valence-electron chi connectivity index (χ3n) is 0. The number of carbonyl (C=O) groups excluding carboxylic acids is 2. The van der Waals surface area contributed by atoms with E-state index in [-0.39, 0.29) is 6.15 Å². The van der Waals surface area contributed by atoms with Crippen LogP contribution in [-0.2, 0) is 96.2 Å². The van der Waals surface area contributed by atoms with Crippen LogP contribution in [0.15, 0.2) is 0 Å². The molecule has 0 N–H and O–H groups in total. The van der Waals surface area contributed by atoms with E-state index in [2.05, 4.69) is 0 Å². The Labute approximate surface area is 101 Å². The molecule has 0 bridgehead atoms. The van der Waals surface area contributed by atoms with Gasteiger partial charge in [-0.1, -0.05) is 0 Å². The first-order valence-electron chi connectivity index (χ1n) is 1.63. The normalized spacial score (nSPS) is 2.67. The number of hydrogen-bond acceptors (Lipinski definition) is 8. The molecule has 0 rings (SSSR count). The summed E-state index contributed by atoms with van der Waals surface area (Å²) in [6, 6.07) is 0. The quantitative estimate of drug-likeness (QED) is 0.477. The van der Waals surface area contributed by atoms with Crippen molar-refractivity contribution in [3.05, 3.63) is 0 Å². The molecule has 0 spiro atoms. The molecule has 0 saturated heterocycles. The fourth-order valence-corrected chi connectivity index (χ4v) is 0. The van der Waals surface area contributed by atoms with Crippen molar-refractivity contribution in [3.63, 3.8) is 0 Å². The fraction of sp³-hybridized carbons (Fsp3) is 0. The summed E-state index contributed by atoms with van der Waals surface area (Å²) in [6.45, 7) is 0. The van der Waals surface area contributed by atoms with Crippen molar-refractivity contribution in [1.82, 2.24) is 0 Å². The molecular weight excluding hydrogens is 414 g/mol. The zero-order chi connectivity index (χ0) is 10.8. The van der Waals surface area contributed by atoms with E-state index >= 15 is 0 Å². The van der Waals surface area contributed by atoms with Gasteiger partial charge in [0.1, 0.15) is 0 Å². The standard InChI is InChI=1S/CO2.6O.3Zr/c2-1-3;;;;;;;;;. The molecule has 0 radical (unpaired) electrons. The molecule has 12 heavy (non-hydrogen) atoms. The summed E-state index contributed by atoms with van der Waals surface area (Å²) >= 11 is -6.81. The maximum absolute atomic E-state index is 8.54. The van der Waals surface area contributed by atoms with E-state index in [4.69, 9.17) is 26.5 Å². The van der Waals surface area contributed by atoms with Gasteiger partial charge < -0.3 is 0 Å². The maximum atomic E-state index is 8.54. The molecule has 8 nitrogen and oxygen atoms in total. The van der Waals surface area contributed by atoms with E-state index in [9.17, 15) is 0 Å². The number of hydrogen-bond donors (Lipinski definition) is 0. The summed E-state index contributed by atoms with van der Waals surface area (Å²) in [4.78, 5) is 16.2. The first-order chi connectivity index (χ1) is 5.66. The second-order valence-corrected chi connectivity index (χ2v) is 1.56. The third-order valence-corrected chi connectivity index (χ3v) is 0. The van der Waals surface area contributed by atoms with Crippen LogP contribution in [0.25, 0.3) is 0 Å².